The van der Waals surface area contributed by atoms with Gasteiger partial charge in [-0.2, -0.15) is 23.4 Å². The molecule has 0 aliphatic rings. The summed E-state index contributed by atoms with van der Waals surface area (Å²) in [6.45, 7) is 0.790. The van der Waals surface area contributed by atoms with Crippen LogP contribution in [0.3, 0.4) is 0 Å². The Balaban J connectivity index is 1.67. The molecule has 0 saturated carbocycles. The van der Waals surface area contributed by atoms with Gasteiger partial charge in [-0.15, -0.1) is 0 Å². The first-order chi connectivity index (χ1) is 10.5. The summed E-state index contributed by atoms with van der Waals surface area (Å²) in [4.78, 5) is 4.28. The molecule has 0 radical (unpaired) electrons. The lowest BCUT2D eigenvalue weighted by molar-refractivity contribution is -0.141. The minimum Gasteiger partial charge on any atom is -0.268 e. The van der Waals surface area contributed by atoms with Gasteiger partial charge in [0, 0.05) is 24.8 Å². The summed E-state index contributed by atoms with van der Waals surface area (Å²) in [5.74, 6) is 0. The maximum atomic E-state index is 12.5. The standard InChI is InChI=1S/C14H12F3N5/c15-14(16,17)13-4-7-22(20-13)9-11-2-3-12(18-8-11)10-21-6-1-5-19-21/h1-8H,9-10H2. The van der Waals surface area contributed by atoms with Crippen molar-refractivity contribution in [2.75, 3.05) is 0 Å². The number of aromatic nitrogens is 5. The van der Waals surface area contributed by atoms with E-state index in [4.69, 9.17) is 0 Å². The van der Waals surface area contributed by atoms with Crippen molar-refractivity contribution in [3.8, 4) is 0 Å². The Kier molecular flexibility index (Phi) is 3.66. The second-order valence-electron chi connectivity index (χ2n) is 4.76. The second kappa shape index (κ2) is 5.63. The molecule has 0 amide bonds. The Bertz CT molecular complexity index is 729. The van der Waals surface area contributed by atoms with Gasteiger partial charge in [0.1, 0.15) is 0 Å². The van der Waals surface area contributed by atoms with Crippen molar-refractivity contribution in [3.05, 3.63) is 66.0 Å². The van der Waals surface area contributed by atoms with E-state index in [0.29, 0.717) is 6.54 Å². The molecule has 3 rings (SSSR count). The van der Waals surface area contributed by atoms with Crippen molar-refractivity contribution in [2.24, 2.45) is 0 Å². The van der Waals surface area contributed by atoms with Crippen LogP contribution in [0.2, 0.25) is 0 Å². The Labute approximate surface area is 124 Å². The highest BCUT2D eigenvalue weighted by atomic mass is 19.4. The molecule has 22 heavy (non-hydrogen) atoms. The Hall–Kier alpha value is -2.64. The van der Waals surface area contributed by atoms with Crippen molar-refractivity contribution >= 4 is 0 Å². The monoisotopic (exact) mass is 307 g/mol. The van der Waals surface area contributed by atoms with Crippen molar-refractivity contribution in [1.29, 1.82) is 0 Å². The normalized spacial score (nSPS) is 11.8. The minimum atomic E-state index is -4.42. The summed E-state index contributed by atoms with van der Waals surface area (Å²) in [6, 6.07) is 6.43. The largest absolute Gasteiger partial charge is 0.435 e. The summed E-state index contributed by atoms with van der Waals surface area (Å²) in [5.41, 5.74) is 0.709. The smallest absolute Gasteiger partial charge is 0.268 e. The van der Waals surface area contributed by atoms with E-state index in [1.54, 1.807) is 17.1 Å². The number of pyridine rings is 1. The molecule has 3 aromatic heterocycles. The zero-order valence-electron chi connectivity index (χ0n) is 11.4. The SMILES string of the molecule is FC(F)(F)c1ccn(Cc2ccc(Cn3cccn3)nc2)n1. The van der Waals surface area contributed by atoms with Gasteiger partial charge >= 0.3 is 6.18 Å². The van der Waals surface area contributed by atoms with Crippen LogP contribution in [0.15, 0.2) is 49.1 Å². The topological polar surface area (TPSA) is 48.5 Å². The molecule has 0 bridgehead atoms. The zero-order valence-corrected chi connectivity index (χ0v) is 11.4. The van der Waals surface area contributed by atoms with Crippen LogP contribution in [0, 0.1) is 0 Å². The van der Waals surface area contributed by atoms with Gasteiger partial charge in [0.05, 0.1) is 18.8 Å². The van der Waals surface area contributed by atoms with E-state index < -0.39 is 11.9 Å². The van der Waals surface area contributed by atoms with E-state index in [9.17, 15) is 13.2 Å². The lowest BCUT2D eigenvalue weighted by Gasteiger charge is -2.05. The molecular formula is C14H12F3N5. The van der Waals surface area contributed by atoms with Gasteiger partial charge in [-0.05, 0) is 23.8 Å². The van der Waals surface area contributed by atoms with Crippen molar-refractivity contribution in [1.82, 2.24) is 24.5 Å². The van der Waals surface area contributed by atoms with Crippen molar-refractivity contribution in [3.63, 3.8) is 0 Å². The van der Waals surface area contributed by atoms with E-state index in [1.807, 2.05) is 24.4 Å². The summed E-state index contributed by atoms with van der Waals surface area (Å²) < 4.78 is 40.4. The number of hydrogen-bond acceptors (Lipinski definition) is 3. The van der Waals surface area contributed by atoms with Gasteiger partial charge in [-0.3, -0.25) is 14.3 Å². The Morgan fingerprint density at radius 2 is 1.86 bits per heavy atom. The Morgan fingerprint density at radius 3 is 2.45 bits per heavy atom. The van der Waals surface area contributed by atoms with E-state index >= 15 is 0 Å². The summed E-state index contributed by atoms with van der Waals surface area (Å²) in [5, 5.41) is 7.59. The first kappa shape index (κ1) is 14.3. The van der Waals surface area contributed by atoms with Crippen LogP contribution in [0.5, 0.6) is 0 Å². The van der Waals surface area contributed by atoms with Crippen LogP contribution in [0.1, 0.15) is 17.0 Å². The summed E-state index contributed by atoms with van der Waals surface area (Å²) in [7, 11) is 0. The third kappa shape index (κ3) is 3.33. The molecule has 0 spiro atoms. The average Bonchev–Trinajstić information content (AvgIpc) is 3.12. The van der Waals surface area contributed by atoms with Crippen molar-refractivity contribution in [2.45, 2.75) is 19.3 Å². The van der Waals surface area contributed by atoms with Gasteiger partial charge in [-0.25, -0.2) is 0 Å². The number of nitrogens with zero attached hydrogens (tertiary/aromatic N) is 5. The van der Waals surface area contributed by atoms with E-state index in [-0.39, 0.29) is 6.54 Å². The van der Waals surface area contributed by atoms with E-state index in [0.717, 1.165) is 17.3 Å². The van der Waals surface area contributed by atoms with Crippen LogP contribution >= 0.6 is 0 Å². The third-order valence-electron chi connectivity index (χ3n) is 3.04. The van der Waals surface area contributed by atoms with Crippen LogP contribution in [0.4, 0.5) is 13.2 Å². The highest BCUT2D eigenvalue weighted by molar-refractivity contribution is 5.15. The summed E-state index contributed by atoms with van der Waals surface area (Å²) >= 11 is 0. The molecule has 0 aliphatic carbocycles. The number of alkyl halides is 3. The number of rotatable bonds is 4. The maximum absolute atomic E-state index is 12.5. The molecule has 0 fully saturated rings. The molecule has 0 N–H and O–H groups in total. The molecule has 0 aliphatic heterocycles. The predicted octanol–water partition coefficient (Wildman–Crippen LogP) is 2.59. The van der Waals surface area contributed by atoms with Crippen LogP contribution in [-0.2, 0) is 19.3 Å². The fourth-order valence-electron chi connectivity index (χ4n) is 1.99. The lowest BCUT2D eigenvalue weighted by Crippen LogP contribution is -2.09. The molecule has 0 atom stereocenters. The molecule has 0 aromatic carbocycles. The number of hydrogen-bond donors (Lipinski definition) is 0. The molecule has 0 unspecified atom stereocenters. The predicted molar refractivity (Wildman–Crippen MR) is 71.9 cm³/mol. The van der Waals surface area contributed by atoms with Gasteiger partial charge in [0.25, 0.3) is 0 Å². The van der Waals surface area contributed by atoms with E-state index in [1.165, 1.54) is 10.9 Å². The first-order valence-corrected chi connectivity index (χ1v) is 6.52. The average molecular weight is 307 g/mol. The highest BCUT2D eigenvalue weighted by Gasteiger charge is 2.33. The quantitative estimate of drug-likeness (QED) is 0.744. The fourth-order valence-corrected chi connectivity index (χ4v) is 1.99. The molecule has 114 valence electrons. The van der Waals surface area contributed by atoms with E-state index in [2.05, 4.69) is 15.2 Å². The second-order valence-corrected chi connectivity index (χ2v) is 4.76. The summed E-state index contributed by atoms with van der Waals surface area (Å²) in [6.07, 6.45) is 2.04. The van der Waals surface area contributed by atoms with Gasteiger partial charge in [0.15, 0.2) is 5.69 Å². The number of halogens is 3. The minimum absolute atomic E-state index is 0.241. The maximum Gasteiger partial charge on any atom is 0.435 e. The lowest BCUT2D eigenvalue weighted by atomic mass is 10.2. The van der Waals surface area contributed by atoms with Crippen LogP contribution < -0.4 is 0 Å². The molecule has 3 heterocycles. The van der Waals surface area contributed by atoms with Crippen LogP contribution in [0.25, 0.3) is 0 Å². The highest BCUT2D eigenvalue weighted by Crippen LogP contribution is 2.27. The molecular weight excluding hydrogens is 295 g/mol. The van der Waals surface area contributed by atoms with Gasteiger partial charge in [0.2, 0.25) is 0 Å². The van der Waals surface area contributed by atoms with Gasteiger partial charge in [-0.1, -0.05) is 6.07 Å². The van der Waals surface area contributed by atoms with Crippen molar-refractivity contribution < 1.29 is 13.2 Å². The first-order valence-electron chi connectivity index (χ1n) is 6.52. The molecule has 5 nitrogen and oxygen atoms in total. The zero-order chi connectivity index (χ0) is 15.6. The van der Waals surface area contributed by atoms with Crippen LogP contribution in [-0.4, -0.2) is 24.5 Å². The fraction of sp³-hybridized carbons (Fsp3) is 0.214. The molecule has 0 saturated heterocycles. The van der Waals surface area contributed by atoms with Gasteiger partial charge < -0.3 is 0 Å². The molecule has 3 aromatic rings. The Morgan fingerprint density at radius 1 is 1.00 bits per heavy atom. The third-order valence-corrected chi connectivity index (χ3v) is 3.04. The molecule has 8 heteroatoms.